The predicted octanol–water partition coefficient (Wildman–Crippen LogP) is 2.51. The minimum Gasteiger partial charge on any atom is -0.480 e. The van der Waals surface area contributed by atoms with Crippen molar-refractivity contribution in [1.82, 2.24) is 10.1 Å². The zero-order valence-electron chi connectivity index (χ0n) is 12.4. The number of rotatable bonds is 7. The van der Waals surface area contributed by atoms with E-state index in [1.807, 2.05) is 0 Å². The van der Waals surface area contributed by atoms with Crippen LogP contribution in [0, 0.1) is 0 Å². The molecule has 0 aliphatic rings. The molecular weight excluding hydrogens is 260 g/mol. The second-order valence-electron chi connectivity index (χ2n) is 5.05. The Morgan fingerprint density at radius 1 is 1.35 bits per heavy atom. The Morgan fingerprint density at radius 2 is 1.95 bits per heavy atom. The van der Waals surface area contributed by atoms with Gasteiger partial charge in [-0.25, -0.2) is 0 Å². The molecular formula is C14H22N2O4. The molecule has 0 radical (unpaired) electrons. The number of nitrogens with zero attached hydrogens (tertiary/aromatic N) is 2. The van der Waals surface area contributed by atoms with Crippen molar-refractivity contribution in [3.8, 4) is 0 Å². The van der Waals surface area contributed by atoms with Gasteiger partial charge in [-0.2, -0.15) is 0 Å². The first kappa shape index (κ1) is 16.2. The molecule has 20 heavy (non-hydrogen) atoms. The first-order valence-corrected chi connectivity index (χ1v) is 6.90. The van der Waals surface area contributed by atoms with Gasteiger partial charge in [0.25, 0.3) is 5.91 Å². The number of carbonyl (C=O) groups excluding carboxylic acids is 1. The normalized spacial score (nSPS) is 11.1. The lowest BCUT2D eigenvalue weighted by Gasteiger charge is -2.23. The molecule has 0 spiro atoms. The zero-order valence-corrected chi connectivity index (χ0v) is 12.4. The highest BCUT2D eigenvalue weighted by Crippen LogP contribution is 2.23. The van der Waals surface area contributed by atoms with Gasteiger partial charge in [-0.15, -0.1) is 0 Å². The summed E-state index contributed by atoms with van der Waals surface area (Å²) in [5, 5.41) is 12.8. The maximum absolute atomic E-state index is 12.3. The van der Waals surface area contributed by atoms with Crippen LogP contribution in [-0.2, 0) is 4.79 Å². The van der Waals surface area contributed by atoms with Crippen LogP contribution in [0.4, 0.5) is 0 Å². The molecule has 0 aromatic carbocycles. The average Bonchev–Trinajstić information content (AvgIpc) is 2.86. The molecule has 6 nitrogen and oxygen atoms in total. The molecule has 1 rings (SSSR count). The molecule has 0 atom stereocenters. The van der Waals surface area contributed by atoms with Crippen LogP contribution < -0.4 is 0 Å². The van der Waals surface area contributed by atoms with E-state index in [9.17, 15) is 9.59 Å². The van der Waals surface area contributed by atoms with Crippen molar-refractivity contribution in [1.29, 1.82) is 0 Å². The summed E-state index contributed by atoms with van der Waals surface area (Å²) >= 11 is 0. The largest absolute Gasteiger partial charge is 0.480 e. The van der Waals surface area contributed by atoms with E-state index < -0.39 is 11.9 Å². The van der Waals surface area contributed by atoms with E-state index in [0.717, 1.165) is 18.5 Å². The molecule has 1 aromatic rings. The van der Waals surface area contributed by atoms with Crippen molar-refractivity contribution in [3.63, 3.8) is 0 Å². The Kier molecular flexibility index (Phi) is 5.73. The fourth-order valence-corrected chi connectivity index (χ4v) is 2.07. The third kappa shape index (κ3) is 3.82. The van der Waals surface area contributed by atoms with Gasteiger partial charge in [-0.1, -0.05) is 19.0 Å². The Morgan fingerprint density at radius 3 is 2.40 bits per heavy atom. The highest BCUT2D eigenvalue weighted by Gasteiger charge is 2.25. The minimum absolute atomic E-state index is 0.0989. The highest BCUT2D eigenvalue weighted by atomic mass is 16.5. The molecule has 112 valence electrons. The Bertz CT molecular complexity index is 463. The van der Waals surface area contributed by atoms with Gasteiger partial charge in [0.1, 0.15) is 6.54 Å². The average molecular weight is 282 g/mol. The number of aromatic nitrogens is 1. The van der Waals surface area contributed by atoms with Crippen LogP contribution in [0.25, 0.3) is 0 Å². The fourth-order valence-electron chi connectivity index (χ4n) is 2.07. The van der Waals surface area contributed by atoms with Crippen LogP contribution >= 0.6 is 0 Å². The lowest BCUT2D eigenvalue weighted by molar-refractivity contribution is -0.138. The van der Waals surface area contributed by atoms with Crippen molar-refractivity contribution >= 4 is 11.9 Å². The predicted molar refractivity (Wildman–Crippen MR) is 73.6 cm³/mol. The fraction of sp³-hybridized carbons (Fsp3) is 0.643. The summed E-state index contributed by atoms with van der Waals surface area (Å²) in [7, 11) is 0. The van der Waals surface area contributed by atoms with E-state index in [4.69, 9.17) is 9.63 Å². The lowest BCUT2D eigenvalue weighted by Crippen LogP contribution is -2.40. The number of carboxylic acids is 1. The Balaban J connectivity index is 2.92. The van der Waals surface area contributed by atoms with Gasteiger partial charge in [0, 0.05) is 18.0 Å². The molecule has 0 aliphatic carbocycles. The molecule has 0 bridgehead atoms. The van der Waals surface area contributed by atoms with Gasteiger partial charge >= 0.3 is 5.97 Å². The third-order valence-electron chi connectivity index (χ3n) is 3.33. The van der Waals surface area contributed by atoms with Crippen LogP contribution in [0.1, 0.15) is 62.7 Å². The number of hydrogen-bond donors (Lipinski definition) is 1. The topological polar surface area (TPSA) is 83.6 Å². The van der Waals surface area contributed by atoms with Crippen molar-refractivity contribution < 1.29 is 19.2 Å². The van der Waals surface area contributed by atoms with E-state index >= 15 is 0 Å². The maximum Gasteiger partial charge on any atom is 0.323 e. The van der Waals surface area contributed by atoms with Crippen LogP contribution in [0.15, 0.2) is 10.6 Å². The van der Waals surface area contributed by atoms with Gasteiger partial charge < -0.3 is 14.5 Å². The van der Waals surface area contributed by atoms with Crippen molar-refractivity contribution in [2.45, 2.75) is 52.5 Å². The molecule has 1 amide bonds. The maximum atomic E-state index is 12.3. The summed E-state index contributed by atoms with van der Waals surface area (Å²) in [6.07, 6.45) is 1.83. The summed E-state index contributed by atoms with van der Waals surface area (Å²) in [6.45, 7) is 7.28. The van der Waals surface area contributed by atoms with E-state index in [0.29, 0.717) is 0 Å². The van der Waals surface area contributed by atoms with E-state index in [2.05, 4.69) is 19.0 Å². The lowest BCUT2D eigenvalue weighted by atomic mass is 9.99. The van der Waals surface area contributed by atoms with Gasteiger partial charge in [-0.3, -0.25) is 9.59 Å². The first-order chi connectivity index (χ1) is 9.40. The zero-order chi connectivity index (χ0) is 15.3. The van der Waals surface area contributed by atoms with Crippen molar-refractivity contribution in [3.05, 3.63) is 17.5 Å². The number of carbonyl (C=O) groups is 2. The quantitative estimate of drug-likeness (QED) is 0.830. The van der Waals surface area contributed by atoms with E-state index in [1.165, 1.54) is 4.90 Å². The molecule has 0 saturated carbocycles. The first-order valence-electron chi connectivity index (χ1n) is 6.90. The van der Waals surface area contributed by atoms with Crippen LogP contribution in [0.3, 0.4) is 0 Å². The minimum atomic E-state index is -1.05. The van der Waals surface area contributed by atoms with Gasteiger partial charge in [0.15, 0.2) is 0 Å². The molecule has 1 aromatic heterocycles. The molecule has 0 fully saturated rings. The highest BCUT2D eigenvalue weighted by molar-refractivity contribution is 5.93. The third-order valence-corrected chi connectivity index (χ3v) is 3.33. The number of carboxylic acid groups (broad SMARTS) is 1. The van der Waals surface area contributed by atoms with Crippen LogP contribution in [0.5, 0.6) is 0 Å². The number of amides is 1. The van der Waals surface area contributed by atoms with E-state index in [-0.39, 0.29) is 24.3 Å². The van der Waals surface area contributed by atoms with Crippen molar-refractivity contribution in [2.75, 3.05) is 6.54 Å². The Labute approximate surface area is 118 Å². The number of hydrogen-bond acceptors (Lipinski definition) is 4. The summed E-state index contributed by atoms with van der Waals surface area (Å²) in [5.74, 6) is -1.13. The molecule has 0 aliphatic heterocycles. The molecule has 0 unspecified atom stereocenters. The molecule has 0 saturated heterocycles. The molecule has 6 heteroatoms. The van der Waals surface area contributed by atoms with Crippen LogP contribution in [-0.4, -0.2) is 39.6 Å². The van der Waals surface area contributed by atoms with Gasteiger partial charge in [0.2, 0.25) is 5.76 Å². The summed E-state index contributed by atoms with van der Waals surface area (Å²) in [5.41, 5.74) is 0.748. The van der Waals surface area contributed by atoms with Crippen molar-refractivity contribution in [2.24, 2.45) is 0 Å². The molecule has 1 heterocycles. The summed E-state index contributed by atoms with van der Waals surface area (Å²) < 4.78 is 5.09. The molecule has 1 N–H and O–H groups in total. The number of aliphatic carboxylic acids is 1. The van der Waals surface area contributed by atoms with Gasteiger partial charge in [0.05, 0.1) is 5.69 Å². The van der Waals surface area contributed by atoms with Gasteiger partial charge in [-0.05, 0) is 26.7 Å². The SMILES string of the molecule is CCC(CC)c1cc(C(=O)N(CC(=O)O)C(C)C)on1. The summed E-state index contributed by atoms with van der Waals surface area (Å²) in [4.78, 5) is 24.3. The second-order valence-corrected chi connectivity index (χ2v) is 5.05. The monoisotopic (exact) mass is 282 g/mol. The van der Waals surface area contributed by atoms with E-state index in [1.54, 1.807) is 19.9 Å². The Hall–Kier alpha value is -1.85. The van der Waals surface area contributed by atoms with Crippen LogP contribution in [0.2, 0.25) is 0 Å². The second kappa shape index (κ2) is 7.07. The standard InChI is InChI=1S/C14H22N2O4/c1-5-10(6-2)11-7-12(20-15-11)14(19)16(9(3)4)8-13(17)18/h7,9-10H,5-6,8H2,1-4H3,(H,17,18). The smallest absolute Gasteiger partial charge is 0.323 e. The summed E-state index contributed by atoms with van der Waals surface area (Å²) in [6, 6.07) is 1.40.